The number of aliphatic imine (C=N–C) groups is 1. The number of hydrogen-bond donors (Lipinski definition) is 2. The molecule has 8 heteroatoms. The van der Waals surface area contributed by atoms with E-state index in [0.717, 1.165) is 46.2 Å². The Morgan fingerprint density at radius 3 is 2.39 bits per heavy atom. The van der Waals surface area contributed by atoms with Gasteiger partial charge in [0.2, 0.25) is 5.96 Å². The summed E-state index contributed by atoms with van der Waals surface area (Å²) in [6.07, 6.45) is 2.48. The molecular formula is C30H36N6O2. The van der Waals surface area contributed by atoms with Gasteiger partial charge >= 0.3 is 0 Å². The summed E-state index contributed by atoms with van der Waals surface area (Å²) in [6.45, 7) is 6.23. The van der Waals surface area contributed by atoms with E-state index in [9.17, 15) is 0 Å². The molecular weight excluding hydrogens is 476 g/mol. The van der Waals surface area contributed by atoms with Gasteiger partial charge in [0.05, 0.1) is 12.6 Å². The van der Waals surface area contributed by atoms with Crippen molar-refractivity contribution >= 4 is 28.4 Å². The molecule has 0 aliphatic carbocycles. The third-order valence-corrected chi connectivity index (χ3v) is 6.15. The Kier molecular flexibility index (Phi) is 9.11. The predicted molar refractivity (Wildman–Crippen MR) is 155 cm³/mol. The number of ether oxygens (including phenoxy) is 2. The van der Waals surface area contributed by atoms with E-state index in [1.54, 1.807) is 13.4 Å². The third kappa shape index (κ3) is 6.98. The molecule has 4 aromatic rings. The second-order valence-corrected chi connectivity index (χ2v) is 9.42. The summed E-state index contributed by atoms with van der Waals surface area (Å²) < 4.78 is 11.8. The second kappa shape index (κ2) is 12.9. The number of nitrogens with zero attached hydrogens (tertiary/aromatic N) is 4. The molecule has 0 bridgehead atoms. The molecule has 3 aromatic carbocycles. The molecule has 198 valence electrons. The number of anilines is 2. The van der Waals surface area contributed by atoms with Crippen molar-refractivity contribution in [2.45, 2.75) is 26.9 Å². The van der Waals surface area contributed by atoms with Crippen molar-refractivity contribution in [3.8, 4) is 11.5 Å². The molecule has 0 amide bonds. The Morgan fingerprint density at radius 1 is 0.921 bits per heavy atom. The minimum Gasteiger partial charge on any atom is -0.493 e. The fourth-order valence-electron chi connectivity index (χ4n) is 4.10. The van der Waals surface area contributed by atoms with Gasteiger partial charge in [0, 0.05) is 23.7 Å². The van der Waals surface area contributed by atoms with Gasteiger partial charge in [-0.05, 0) is 63.7 Å². The molecule has 1 aromatic heterocycles. The van der Waals surface area contributed by atoms with Crippen molar-refractivity contribution in [3.05, 3.63) is 83.7 Å². The summed E-state index contributed by atoms with van der Waals surface area (Å²) >= 11 is 0. The maximum Gasteiger partial charge on any atom is 0.201 e. The highest BCUT2D eigenvalue weighted by Gasteiger charge is 2.14. The van der Waals surface area contributed by atoms with Crippen molar-refractivity contribution in [2.75, 3.05) is 44.9 Å². The number of guanidine groups is 1. The molecule has 0 aliphatic rings. The SMILES string of the molecule is COc1cc2c(NC(=NCCCN(C)C)Nc3c(C)cccc3C)ncnc2cc1OCc1ccccc1. The van der Waals surface area contributed by atoms with Crippen LogP contribution in [-0.4, -0.2) is 55.1 Å². The minimum atomic E-state index is 0.433. The maximum atomic E-state index is 6.09. The lowest BCUT2D eigenvalue weighted by Gasteiger charge is -2.18. The molecule has 0 saturated carbocycles. The summed E-state index contributed by atoms with van der Waals surface area (Å²) in [5.41, 5.74) is 5.13. The fourth-order valence-corrected chi connectivity index (χ4v) is 4.10. The van der Waals surface area contributed by atoms with Gasteiger partial charge < -0.3 is 25.0 Å². The molecule has 0 saturated heterocycles. The lowest BCUT2D eigenvalue weighted by molar-refractivity contribution is 0.285. The lowest BCUT2D eigenvalue weighted by atomic mass is 10.1. The molecule has 0 unspecified atom stereocenters. The van der Waals surface area contributed by atoms with Crippen LogP contribution in [0.5, 0.6) is 11.5 Å². The van der Waals surface area contributed by atoms with E-state index in [1.807, 2.05) is 42.5 Å². The number of rotatable bonds is 10. The Bertz CT molecular complexity index is 1370. The van der Waals surface area contributed by atoms with Crippen LogP contribution < -0.4 is 20.1 Å². The highest BCUT2D eigenvalue weighted by molar-refractivity contribution is 6.08. The predicted octanol–water partition coefficient (Wildman–Crippen LogP) is 5.67. The number of benzene rings is 3. The summed E-state index contributed by atoms with van der Waals surface area (Å²) in [5.74, 6) is 2.50. The molecule has 4 rings (SSSR count). The van der Waals surface area contributed by atoms with E-state index in [2.05, 4.69) is 71.6 Å². The van der Waals surface area contributed by atoms with Gasteiger partial charge in [-0.1, -0.05) is 48.5 Å². The first-order chi connectivity index (χ1) is 18.4. The molecule has 0 aliphatic heterocycles. The quantitative estimate of drug-likeness (QED) is 0.161. The topological polar surface area (TPSA) is 83.9 Å². The Hall–Kier alpha value is -4.17. The summed E-state index contributed by atoms with van der Waals surface area (Å²) in [7, 11) is 5.76. The largest absolute Gasteiger partial charge is 0.493 e. The molecule has 8 nitrogen and oxygen atoms in total. The summed E-state index contributed by atoms with van der Waals surface area (Å²) in [6, 6.07) is 20.0. The average molecular weight is 513 g/mol. The van der Waals surface area contributed by atoms with Gasteiger partial charge in [0.1, 0.15) is 18.8 Å². The Labute approximate surface area is 224 Å². The zero-order valence-electron chi connectivity index (χ0n) is 22.8. The van der Waals surface area contributed by atoms with E-state index in [4.69, 9.17) is 14.5 Å². The number of para-hydroxylation sites is 1. The van der Waals surface area contributed by atoms with Crippen LogP contribution in [0.25, 0.3) is 10.9 Å². The van der Waals surface area contributed by atoms with Gasteiger partial charge in [-0.15, -0.1) is 0 Å². The molecule has 2 N–H and O–H groups in total. The first kappa shape index (κ1) is 26.9. The Morgan fingerprint density at radius 2 is 1.68 bits per heavy atom. The summed E-state index contributed by atoms with van der Waals surface area (Å²) in [4.78, 5) is 16.0. The number of hydrogen-bond acceptors (Lipinski definition) is 6. The van der Waals surface area contributed by atoms with E-state index in [0.29, 0.717) is 36.4 Å². The van der Waals surface area contributed by atoms with Gasteiger partial charge in [0.15, 0.2) is 11.5 Å². The smallest absolute Gasteiger partial charge is 0.201 e. The van der Waals surface area contributed by atoms with Crippen LogP contribution >= 0.6 is 0 Å². The van der Waals surface area contributed by atoms with Gasteiger partial charge in [-0.3, -0.25) is 4.99 Å². The normalized spacial score (nSPS) is 11.6. The van der Waals surface area contributed by atoms with Crippen LogP contribution in [0.4, 0.5) is 11.5 Å². The van der Waals surface area contributed by atoms with Crippen molar-refractivity contribution in [1.29, 1.82) is 0 Å². The number of fused-ring (bicyclic) bond motifs is 1. The molecule has 0 radical (unpaired) electrons. The monoisotopic (exact) mass is 512 g/mol. The van der Waals surface area contributed by atoms with Crippen molar-refractivity contribution in [2.24, 2.45) is 4.99 Å². The fraction of sp³-hybridized carbons (Fsp3) is 0.300. The van der Waals surface area contributed by atoms with Crippen LogP contribution in [-0.2, 0) is 6.61 Å². The number of nitrogens with one attached hydrogen (secondary N) is 2. The average Bonchev–Trinajstić information content (AvgIpc) is 2.92. The first-order valence-corrected chi connectivity index (χ1v) is 12.7. The first-order valence-electron chi connectivity index (χ1n) is 12.7. The second-order valence-electron chi connectivity index (χ2n) is 9.42. The van der Waals surface area contributed by atoms with Gasteiger partial charge in [0.25, 0.3) is 0 Å². The van der Waals surface area contributed by atoms with Crippen molar-refractivity contribution < 1.29 is 9.47 Å². The zero-order chi connectivity index (χ0) is 26.9. The van der Waals surface area contributed by atoms with Crippen molar-refractivity contribution in [1.82, 2.24) is 14.9 Å². The molecule has 1 heterocycles. The van der Waals surface area contributed by atoms with Crippen LogP contribution in [0.1, 0.15) is 23.1 Å². The zero-order valence-corrected chi connectivity index (χ0v) is 22.8. The Balaban J connectivity index is 1.63. The van der Waals surface area contributed by atoms with Crippen LogP contribution in [0.2, 0.25) is 0 Å². The van der Waals surface area contributed by atoms with E-state index in [1.165, 1.54) is 0 Å². The number of aromatic nitrogens is 2. The minimum absolute atomic E-state index is 0.433. The molecule has 0 fully saturated rings. The summed E-state index contributed by atoms with van der Waals surface area (Å²) in [5, 5.41) is 7.73. The van der Waals surface area contributed by atoms with Crippen LogP contribution in [0, 0.1) is 13.8 Å². The number of methoxy groups -OCH3 is 1. The molecule has 0 atom stereocenters. The molecule has 0 spiro atoms. The van der Waals surface area contributed by atoms with E-state index in [-0.39, 0.29) is 0 Å². The maximum absolute atomic E-state index is 6.09. The highest BCUT2D eigenvalue weighted by Crippen LogP contribution is 2.34. The van der Waals surface area contributed by atoms with E-state index < -0.39 is 0 Å². The third-order valence-electron chi connectivity index (χ3n) is 6.15. The van der Waals surface area contributed by atoms with Gasteiger partial charge in [-0.25, -0.2) is 9.97 Å². The van der Waals surface area contributed by atoms with Crippen LogP contribution in [0.3, 0.4) is 0 Å². The lowest BCUT2D eigenvalue weighted by Crippen LogP contribution is -2.25. The van der Waals surface area contributed by atoms with Gasteiger partial charge in [-0.2, -0.15) is 0 Å². The van der Waals surface area contributed by atoms with Crippen LogP contribution in [0.15, 0.2) is 72.0 Å². The van der Waals surface area contributed by atoms with E-state index >= 15 is 0 Å². The number of aryl methyl sites for hydroxylation is 2. The molecule has 38 heavy (non-hydrogen) atoms. The standard InChI is InChI=1S/C30H36N6O2/c1-21-11-9-12-22(2)28(21)34-30(31-15-10-16-36(3)4)35-29-24-17-26(37-5)27(18-25(24)32-20-33-29)38-19-23-13-7-6-8-14-23/h6-9,11-14,17-18,20H,10,15-16,19H2,1-5H3,(H2,31,32,33,34,35). The highest BCUT2D eigenvalue weighted by atomic mass is 16.5. The van der Waals surface area contributed by atoms with Crippen molar-refractivity contribution in [3.63, 3.8) is 0 Å².